The second kappa shape index (κ2) is 10.3. The normalized spacial score (nSPS) is 11.2. The van der Waals surface area contributed by atoms with Gasteiger partial charge in [-0.15, -0.1) is 0 Å². The lowest BCUT2D eigenvalue weighted by Crippen LogP contribution is -2.35. The Labute approximate surface area is 168 Å². The van der Waals surface area contributed by atoms with E-state index in [-0.39, 0.29) is 6.54 Å². The molecule has 8 heteroatoms. The van der Waals surface area contributed by atoms with Crippen molar-refractivity contribution in [3.63, 3.8) is 0 Å². The van der Waals surface area contributed by atoms with Crippen molar-refractivity contribution in [2.75, 3.05) is 18.5 Å². The van der Waals surface area contributed by atoms with E-state index in [0.717, 1.165) is 0 Å². The number of hydrogen-bond donors (Lipinski definition) is 2. The van der Waals surface area contributed by atoms with Crippen LogP contribution in [-0.4, -0.2) is 37.0 Å². The fraction of sp³-hybridized carbons (Fsp3) is 0.250. The van der Waals surface area contributed by atoms with Gasteiger partial charge in [0.05, 0.1) is 6.61 Å². The molecule has 148 valence electrons. The van der Waals surface area contributed by atoms with Crippen LogP contribution in [0.2, 0.25) is 5.02 Å². The smallest absolute Gasteiger partial charge is 0.326 e. The summed E-state index contributed by atoms with van der Waals surface area (Å²) in [5.41, 5.74) is 0.908. The zero-order valence-corrected chi connectivity index (χ0v) is 16.3. The molecule has 0 fully saturated rings. The number of esters is 1. The van der Waals surface area contributed by atoms with E-state index < -0.39 is 23.9 Å². The Morgan fingerprint density at radius 2 is 1.68 bits per heavy atom. The van der Waals surface area contributed by atoms with E-state index in [1.807, 2.05) is 6.92 Å². The molecule has 2 aromatic rings. The predicted octanol–water partition coefficient (Wildman–Crippen LogP) is 3.04. The van der Waals surface area contributed by atoms with E-state index >= 15 is 0 Å². The molecule has 0 heterocycles. The van der Waals surface area contributed by atoms with Gasteiger partial charge in [0.25, 0.3) is 11.8 Å². The average molecular weight is 405 g/mol. The molecule has 0 saturated carbocycles. The van der Waals surface area contributed by atoms with Crippen LogP contribution < -0.4 is 15.4 Å². The van der Waals surface area contributed by atoms with Crippen molar-refractivity contribution in [2.45, 2.75) is 20.0 Å². The minimum absolute atomic E-state index is 0.357. The molecule has 7 nitrogen and oxygen atoms in total. The second-order valence-corrected chi connectivity index (χ2v) is 6.20. The van der Waals surface area contributed by atoms with Crippen LogP contribution >= 0.6 is 11.6 Å². The number of amides is 2. The van der Waals surface area contributed by atoms with Gasteiger partial charge in [0.1, 0.15) is 12.3 Å². The molecule has 0 aromatic heterocycles. The molecule has 0 aliphatic rings. The lowest BCUT2D eigenvalue weighted by molar-refractivity contribution is -0.152. The lowest BCUT2D eigenvalue weighted by Gasteiger charge is -2.14. The zero-order chi connectivity index (χ0) is 20.5. The topological polar surface area (TPSA) is 93.7 Å². The van der Waals surface area contributed by atoms with E-state index in [1.54, 1.807) is 48.5 Å². The number of rotatable bonds is 8. The predicted molar refractivity (Wildman–Crippen MR) is 106 cm³/mol. The van der Waals surface area contributed by atoms with Gasteiger partial charge in [0, 0.05) is 16.3 Å². The lowest BCUT2D eigenvalue weighted by atomic mass is 10.2. The summed E-state index contributed by atoms with van der Waals surface area (Å²) in [6.07, 6.45) is -1.02. The van der Waals surface area contributed by atoms with Crippen molar-refractivity contribution in [3.05, 3.63) is 59.1 Å². The van der Waals surface area contributed by atoms with Gasteiger partial charge < -0.3 is 20.1 Å². The summed E-state index contributed by atoms with van der Waals surface area (Å²) < 4.78 is 10.3. The van der Waals surface area contributed by atoms with Crippen LogP contribution in [0.4, 0.5) is 5.69 Å². The molecular formula is C20H21ClN2O5. The second-order valence-electron chi connectivity index (χ2n) is 5.77. The number of halogens is 1. The molecule has 2 aromatic carbocycles. The maximum absolute atomic E-state index is 12.1. The minimum Gasteiger partial charge on any atom is -0.494 e. The van der Waals surface area contributed by atoms with E-state index in [9.17, 15) is 14.4 Å². The maximum Gasteiger partial charge on any atom is 0.326 e. The van der Waals surface area contributed by atoms with Crippen LogP contribution in [0.15, 0.2) is 48.5 Å². The molecule has 2 amide bonds. The number of hydrogen-bond acceptors (Lipinski definition) is 5. The summed E-state index contributed by atoms with van der Waals surface area (Å²) in [5.74, 6) is -0.996. The standard InChI is InChI=1S/C20H21ClN2O5/c1-3-27-17-10-4-14(5-11-17)20(26)22-12-18(24)28-13(2)19(25)23-16-8-6-15(21)7-9-16/h4-11,13H,3,12H2,1-2H3,(H,22,26)(H,23,25)/t13-/m1/s1. The maximum atomic E-state index is 12.1. The average Bonchev–Trinajstić information content (AvgIpc) is 2.68. The Bertz CT molecular complexity index is 821. The van der Waals surface area contributed by atoms with Crippen molar-refractivity contribution < 1.29 is 23.9 Å². The summed E-state index contributed by atoms with van der Waals surface area (Å²) in [6.45, 7) is 3.48. The third-order valence-corrected chi connectivity index (χ3v) is 3.86. The van der Waals surface area contributed by atoms with Gasteiger partial charge >= 0.3 is 5.97 Å². The van der Waals surface area contributed by atoms with Gasteiger partial charge in [-0.3, -0.25) is 14.4 Å². The minimum atomic E-state index is -1.02. The van der Waals surface area contributed by atoms with Gasteiger partial charge in [-0.25, -0.2) is 0 Å². The third-order valence-electron chi connectivity index (χ3n) is 3.61. The SMILES string of the molecule is CCOc1ccc(C(=O)NCC(=O)O[C@H](C)C(=O)Nc2ccc(Cl)cc2)cc1. The molecule has 2 N–H and O–H groups in total. The summed E-state index contributed by atoms with van der Waals surface area (Å²) in [4.78, 5) is 36.0. The molecule has 2 rings (SSSR count). The Kier molecular flexibility index (Phi) is 7.83. The summed E-state index contributed by atoms with van der Waals surface area (Å²) in [5, 5.41) is 5.60. The quantitative estimate of drug-likeness (QED) is 0.659. The van der Waals surface area contributed by atoms with E-state index in [2.05, 4.69) is 10.6 Å². The van der Waals surface area contributed by atoms with E-state index in [4.69, 9.17) is 21.1 Å². The van der Waals surface area contributed by atoms with Gasteiger partial charge in [0.15, 0.2) is 6.10 Å². The number of carbonyl (C=O) groups excluding carboxylic acids is 3. The number of ether oxygens (including phenoxy) is 2. The highest BCUT2D eigenvalue weighted by molar-refractivity contribution is 6.30. The van der Waals surface area contributed by atoms with Gasteiger partial charge in [0.2, 0.25) is 0 Å². The van der Waals surface area contributed by atoms with Crippen molar-refractivity contribution >= 4 is 35.1 Å². The Balaban J connectivity index is 1.78. The monoisotopic (exact) mass is 404 g/mol. The molecule has 0 saturated heterocycles. The number of anilines is 1. The van der Waals surface area contributed by atoms with Crippen LogP contribution in [0.5, 0.6) is 5.75 Å². The summed E-state index contributed by atoms with van der Waals surface area (Å²) in [6, 6.07) is 13.0. The van der Waals surface area contributed by atoms with Crippen LogP contribution in [0.1, 0.15) is 24.2 Å². The highest BCUT2D eigenvalue weighted by Crippen LogP contribution is 2.14. The first-order valence-electron chi connectivity index (χ1n) is 8.66. The molecule has 0 spiro atoms. The molecule has 1 atom stereocenters. The molecule has 0 aliphatic heterocycles. The highest BCUT2D eigenvalue weighted by Gasteiger charge is 2.18. The molecule has 0 aliphatic carbocycles. The fourth-order valence-electron chi connectivity index (χ4n) is 2.19. The summed E-state index contributed by atoms with van der Waals surface area (Å²) in [7, 11) is 0. The number of nitrogens with one attached hydrogen (secondary N) is 2. The Morgan fingerprint density at radius 3 is 2.29 bits per heavy atom. The van der Waals surface area contributed by atoms with Gasteiger partial charge in [-0.2, -0.15) is 0 Å². The molecule has 28 heavy (non-hydrogen) atoms. The van der Waals surface area contributed by atoms with Crippen molar-refractivity contribution in [1.82, 2.24) is 5.32 Å². The van der Waals surface area contributed by atoms with Crippen LogP contribution in [0.3, 0.4) is 0 Å². The van der Waals surface area contributed by atoms with Crippen LogP contribution in [-0.2, 0) is 14.3 Å². The van der Waals surface area contributed by atoms with Crippen molar-refractivity contribution in [3.8, 4) is 5.75 Å². The fourth-order valence-corrected chi connectivity index (χ4v) is 2.32. The van der Waals surface area contributed by atoms with Crippen LogP contribution in [0, 0.1) is 0 Å². The van der Waals surface area contributed by atoms with Crippen molar-refractivity contribution in [2.24, 2.45) is 0 Å². The van der Waals surface area contributed by atoms with Crippen molar-refractivity contribution in [1.29, 1.82) is 0 Å². The third kappa shape index (κ3) is 6.59. The molecule has 0 unspecified atom stereocenters. The summed E-state index contributed by atoms with van der Waals surface area (Å²) >= 11 is 5.78. The van der Waals surface area contributed by atoms with Gasteiger partial charge in [-0.1, -0.05) is 11.6 Å². The molecule has 0 bridgehead atoms. The first kappa shape index (κ1) is 21.2. The Morgan fingerprint density at radius 1 is 1.04 bits per heavy atom. The zero-order valence-electron chi connectivity index (χ0n) is 15.5. The number of carbonyl (C=O) groups is 3. The van der Waals surface area contributed by atoms with Gasteiger partial charge in [-0.05, 0) is 62.4 Å². The van der Waals surface area contributed by atoms with E-state index in [0.29, 0.717) is 28.6 Å². The largest absolute Gasteiger partial charge is 0.494 e. The van der Waals surface area contributed by atoms with E-state index in [1.165, 1.54) is 6.92 Å². The highest BCUT2D eigenvalue weighted by atomic mass is 35.5. The Hall–Kier alpha value is -3.06. The molecular weight excluding hydrogens is 384 g/mol. The first-order valence-corrected chi connectivity index (χ1v) is 9.03. The molecule has 0 radical (unpaired) electrons. The number of benzene rings is 2. The van der Waals surface area contributed by atoms with Crippen LogP contribution in [0.25, 0.3) is 0 Å². The first-order chi connectivity index (χ1) is 13.4.